The minimum atomic E-state index is -0.571. The Hall–Kier alpha value is -1.14. The van der Waals surface area contributed by atoms with E-state index < -0.39 is 18.1 Å². The molecule has 0 saturated carbocycles. The van der Waals surface area contributed by atoms with Gasteiger partial charge in [0.05, 0.1) is 19.8 Å². The molecule has 1 saturated heterocycles. The van der Waals surface area contributed by atoms with Gasteiger partial charge < -0.3 is 15.2 Å². The van der Waals surface area contributed by atoms with Crippen molar-refractivity contribution < 1.29 is 19.4 Å². The van der Waals surface area contributed by atoms with Gasteiger partial charge in [0, 0.05) is 20.0 Å². The highest BCUT2D eigenvalue weighted by atomic mass is 16.5. The molecule has 86 valence electrons. The van der Waals surface area contributed by atoms with Gasteiger partial charge in [0.1, 0.15) is 6.04 Å². The summed E-state index contributed by atoms with van der Waals surface area (Å²) in [5.74, 6) is -0.589. The lowest BCUT2D eigenvalue weighted by Crippen LogP contribution is -2.42. The Morgan fingerprint density at radius 2 is 2.27 bits per heavy atom. The Balaban J connectivity index is 2.60. The Bertz CT molecular complexity index is 256. The molecule has 0 bridgehead atoms. The number of β-amino-alcohol motifs (C(OH)–C–C–N with tert-alkyl or cyclic N) is 1. The van der Waals surface area contributed by atoms with Crippen LogP contribution in [-0.2, 0) is 14.3 Å². The quantitative estimate of drug-likeness (QED) is 0.552. The van der Waals surface area contributed by atoms with Crippen LogP contribution in [0.4, 0.5) is 0 Å². The number of amides is 1. The van der Waals surface area contributed by atoms with Gasteiger partial charge in [-0.05, 0) is 0 Å². The molecule has 1 heterocycles. The number of likely N-dealkylation sites (tertiary alicyclic amines) is 1. The molecular weight excluding hydrogens is 200 g/mol. The first-order valence-electron chi connectivity index (χ1n) is 4.79. The van der Waals surface area contributed by atoms with Crippen molar-refractivity contribution in [2.75, 3.05) is 27.2 Å². The van der Waals surface area contributed by atoms with Gasteiger partial charge >= 0.3 is 5.97 Å². The molecule has 0 aromatic heterocycles. The van der Waals surface area contributed by atoms with Crippen molar-refractivity contribution in [3.05, 3.63) is 0 Å². The van der Waals surface area contributed by atoms with Crippen LogP contribution in [0.2, 0.25) is 0 Å². The van der Waals surface area contributed by atoms with Crippen LogP contribution in [0.1, 0.15) is 6.42 Å². The first-order chi connectivity index (χ1) is 7.08. The summed E-state index contributed by atoms with van der Waals surface area (Å²) in [5.41, 5.74) is 0. The molecule has 6 heteroatoms. The Kier molecular flexibility index (Phi) is 4.05. The number of aliphatic hydroxyl groups excluding tert-OH is 1. The van der Waals surface area contributed by atoms with E-state index in [1.165, 1.54) is 14.2 Å². The summed E-state index contributed by atoms with van der Waals surface area (Å²) < 4.78 is 4.60. The smallest absolute Gasteiger partial charge is 0.323 e. The number of rotatable bonds is 3. The van der Waals surface area contributed by atoms with Gasteiger partial charge in [-0.25, -0.2) is 0 Å². The summed E-state index contributed by atoms with van der Waals surface area (Å²) in [7, 11) is 2.83. The van der Waals surface area contributed by atoms with Crippen molar-refractivity contribution >= 4 is 11.9 Å². The van der Waals surface area contributed by atoms with Gasteiger partial charge in [0.15, 0.2) is 0 Å². The second kappa shape index (κ2) is 5.09. The normalized spacial score (nSPS) is 26.3. The van der Waals surface area contributed by atoms with E-state index in [4.69, 9.17) is 0 Å². The Morgan fingerprint density at radius 3 is 2.80 bits per heavy atom. The monoisotopic (exact) mass is 216 g/mol. The first-order valence-corrected chi connectivity index (χ1v) is 4.79. The fourth-order valence-electron chi connectivity index (χ4n) is 1.70. The van der Waals surface area contributed by atoms with Crippen LogP contribution in [0.25, 0.3) is 0 Å². The van der Waals surface area contributed by atoms with Gasteiger partial charge in [-0.15, -0.1) is 0 Å². The van der Waals surface area contributed by atoms with Crippen LogP contribution in [0.3, 0.4) is 0 Å². The maximum atomic E-state index is 11.3. The third-order valence-electron chi connectivity index (χ3n) is 2.48. The molecule has 0 unspecified atom stereocenters. The van der Waals surface area contributed by atoms with Crippen molar-refractivity contribution in [3.8, 4) is 0 Å². The Morgan fingerprint density at radius 1 is 1.60 bits per heavy atom. The van der Waals surface area contributed by atoms with Crippen LogP contribution >= 0.6 is 0 Å². The number of hydrogen-bond acceptors (Lipinski definition) is 5. The van der Waals surface area contributed by atoms with Crippen LogP contribution in [0.5, 0.6) is 0 Å². The third kappa shape index (κ3) is 2.90. The van der Waals surface area contributed by atoms with Gasteiger partial charge in [0.25, 0.3) is 0 Å². The molecular formula is C9H16N2O4. The number of nitrogens with one attached hydrogen (secondary N) is 1. The van der Waals surface area contributed by atoms with E-state index in [2.05, 4.69) is 10.1 Å². The summed E-state index contributed by atoms with van der Waals surface area (Å²) >= 11 is 0. The van der Waals surface area contributed by atoms with Crippen molar-refractivity contribution in [3.63, 3.8) is 0 Å². The van der Waals surface area contributed by atoms with E-state index in [0.717, 1.165) is 0 Å². The predicted molar refractivity (Wildman–Crippen MR) is 52.1 cm³/mol. The summed E-state index contributed by atoms with van der Waals surface area (Å²) in [6.45, 7) is 0.431. The lowest BCUT2D eigenvalue weighted by atomic mass is 10.2. The van der Waals surface area contributed by atoms with Crippen molar-refractivity contribution in [1.82, 2.24) is 10.2 Å². The number of carbonyl (C=O) groups is 2. The average molecular weight is 216 g/mol. The third-order valence-corrected chi connectivity index (χ3v) is 2.48. The van der Waals surface area contributed by atoms with Crippen LogP contribution in [-0.4, -0.2) is 61.3 Å². The Labute approximate surface area is 88.2 Å². The predicted octanol–water partition coefficient (Wildman–Crippen LogP) is -1.66. The largest absolute Gasteiger partial charge is 0.468 e. The minimum Gasteiger partial charge on any atom is -0.468 e. The topological polar surface area (TPSA) is 78.9 Å². The zero-order chi connectivity index (χ0) is 11.4. The summed E-state index contributed by atoms with van der Waals surface area (Å²) in [4.78, 5) is 24.1. The SMILES string of the molecule is CNC(=O)CN1C[C@H](O)C[C@H]1C(=O)OC. The minimum absolute atomic E-state index is 0.104. The van der Waals surface area contributed by atoms with E-state index in [0.29, 0.717) is 13.0 Å². The molecule has 0 aliphatic carbocycles. The fourth-order valence-corrected chi connectivity index (χ4v) is 1.70. The van der Waals surface area contributed by atoms with E-state index in [9.17, 15) is 14.7 Å². The van der Waals surface area contributed by atoms with Gasteiger partial charge in [-0.3, -0.25) is 14.5 Å². The number of nitrogens with zero attached hydrogens (tertiary/aromatic N) is 1. The van der Waals surface area contributed by atoms with Gasteiger partial charge in [0.2, 0.25) is 5.91 Å². The van der Waals surface area contributed by atoms with Gasteiger partial charge in [-0.2, -0.15) is 0 Å². The highest BCUT2D eigenvalue weighted by molar-refractivity contribution is 5.80. The molecule has 2 N–H and O–H groups in total. The lowest BCUT2D eigenvalue weighted by Gasteiger charge is -2.20. The van der Waals surface area contributed by atoms with Crippen LogP contribution < -0.4 is 5.32 Å². The number of esters is 1. The average Bonchev–Trinajstić information content (AvgIpc) is 2.58. The lowest BCUT2D eigenvalue weighted by molar-refractivity contribution is -0.146. The van der Waals surface area contributed by atoms with Gasteiger partial charge in [-0.1, -0.05) is 0 Å². The molecule has 1 amide bonds. The molecule has 1 rings (SSSR count). The molecule has 0 aromatic rings. The number of ether oxygens (including phenoxy) is 1. The zero-order valence-electron chi connectivity index (χ0n) is 8.90. The molecule has 0 radical (unpaired) electrons. The maximum Gasteiger partial charge on any atom is 0.323 e. The highest BCUT2D eigenvalue weighted by Crippen LogP contribution is 2.18. The van der Waals surface area contributed by atoms with Crippen molar-refractivity contribution in [2.45, 2.75) is 18.6 Å². The molecule has 0 spiro atoms. The van der Waals surface area contributed by atoms with Crippen molar-refractivity contribution in [2.24, 2.45) is 0 Å². The first kappa shape index (κ1) is 11.9. The molecule has 0 aromatic carbocycles. The van der Waals surface area contributed by atoms with E-state index in [1.54, 1.807) is 4.90 Å². The molecule has 6 nitrogen and oxygen atoms in total. The second-order valence-corrected chi connectivity index (χ2v) is 3.53. The van der Waals surface area contributed by atoms with E-state index in [-0.39, 0.29) is 12.5 Å². The molecule has 1 aliphatic rings. The molecule has 2 atom stereocenters. The maximum absolute atomic E-state index is 11.3. The number of carbonyl (C=O) groups excluding carboxylic acids is 2. The molecule has 1 aliphatic heterocycles. The second-order valence-electron chi connectivity index (χ2n) is 3.53. The molecule has 1 fully saturated rings. The number of hydrogen-bond donors (Lipinski definition) is 2. The summed E-state index contributed by atoms with van der Waals surface area (Å²) in [6.07, 6.45) is -0.248. The standard InChI is InChI=1S/C9H16N2O4/c1-10-8(13)5-11-4-6(12)3-7(11)9(14)15-2/h6-7,12H,3-5H2,1-2H3,(H,10,13)/t6-,7+/m1/s1. The number of aliphatic hydroxyl groups is 1. The number of methoxy groups -OCH3 is 1. The summed E-state index contributed by atoms with van der Waals surface area (Å²) in [5, 5.41) is 11.9. The number of likely N-dealkylation sites (N-methyl/N-ethyl adjacent to an activating group) is 1. The van der Waals surface area contributed by atoms with E-state index >= 15 is 0 Å². The fraction of sp³-hybridized carbons (Fsp3) is 0.778. The highest BCUT2D eigenvalue weighted by Gasteiger charge is 2.37. The van der Waals surface area contributed by atoms with Crippen LogP contribution in [0.15, 0.2) is 0 Å². The van der Waals surface area contributed by atoms with Crippen molar-refractivity contribution in [1.29, 1.82) is 0 Å². The van der Waals surface area contributed by atoms with Crippen LogP contribution in [0, 0.1) is 0 Å². The van der Waals surface area contributed by atoms with E-state index in [1.807, 2.05) is 0 Å². The molecule has 15 heavy (non-hydrogen) atoms. The zero-order valence-corrected chi connectivity index (χ0v) is 8.90. The summed E-state index contributed by atoms with van der Waals surface area (Å²) in [6, 6.07) is -0.512.